The summed E-state index contributed by atoms with van der Waals surface area (Å²) in [6.07, 6.45) is -0.0168. The highest BCUT2D eigenvalue weighted by molar-refractivity contribution is 5.97. The highest BCUT2D eigenvalue weighted by atomic mass is 16.4. The third-order valence-electron chi connectivity index (χ3n) is 2.75. The molecule has 19 heavy (non-hydrogen) atoms. The van der Waals surface area contributed by atoms with E-state index in [-0.39, 0.29) is 12.3 Å². The molecule has 5 nitrogen and oxygen atoms in total. The number of nitrogens with one attached hydrogen (secondary N) is 2. The number of amides is 1. The maximum atomic E-state index is 12.0. The highest BCUT2D eigenvalue weighted by Gasteiger charge is 2.25. The molecule has 0 aliphatic heterocycles. The summed E-state index contributed by atoms with van der Waals surface area (Å²) in [5.74, 6) is -0.995. The van der Waals surface area contributed by atoms with Gasteiger partial charge in [-0.1, -0.05) is 19.1 Å². The van der Waals surface area contributed by atoms with Crippen molar-refractivity contribution in [1.29, 1.82) is 0 Å². The van der Waals surface area contributed by atoms with Gasteiger partial charge in [-0.25, -0.2) is 0 Å². The molecule has 104 valence electrons. The van der Waals surface area contributed by atoms with Crippen molar-refractivity contribution in [3.05, 3.63) is 29.8 Å². The predicted octanol–water partition coefficient (Wildman–Crippen LogP) is 1.64. The van der Waals surface area contributed by atoms with Crippen molar-refractivity contribution in [1.82, 2.24) is 5.32 Å². The smallest absolute Gasteiger partial charge is 0.307 e. The van der Waals surface area contributed by atoms with Crippen LogP contribution < -0.4 is 10.6 Å². The zero-order valence-electron chi connectivity index (χ0n) is 11.5. The van der Waals surface area contributed by atoms with Crippen LogP contribution in [0.5, 0.6) is 0 Å². The normalized spacial score (nSPS) is 11.1. The Balaban J connectivity index is 2.67. The zero-order valence-corrected chi connectivity index (χ0v) is 11.5. The molecule has 0 atom stereocenters. The van der Waals surface area contributed by atoms with Crippen molar-refractivity contribution >= 4 is 17.6 Å². The Bertz CT molecular complexity index is 452. The average Bonchev–Trinajstić information content (AvgIpc) is 2.30. The standard InChI is InChI=1S/C14H20N2O3/c1-4-15-14(2,3)13(19)16-11-7-5-10(6-8-11)9-12(17)18/h5-8,15H,4,9H2,1-3H3,(H,16,19)(H,17,18). The zero-order chi connectivity index (χ0) is 14.5. The van der Waals surface area contributed by atoms with E-state index in [4.69, 9.17) is 5.11 Å². The minimum Gasteiger partial charge on any atom is -0.481 e. The molecule has 5 heteroatoms. The van der Waals surface area contributed by atoms with Crippen LogP contribution in [-0.4, -0.2) is 29.1 Å². The van der Waals surface area contributed by atoms with Crippen molar-refractivity contribution < 1.29 is 14.7 Å². The number of benzene rings is 1. The molecule has 0 aliphatic carbocycles. The number of hydrogen-bond donors (Lipinski definition) is 3. The molecule has 0 radical (unpaired) electrons. The lowest BCUT2D eigenvalue weighted by Gasteiger charge is -2.24. The molecular weight excluding hydrogens is 244 g/mol. The van der Waals surface area contributed by atoms with Crippen molar-refractivity contribution in [2.75, 3.05) is 11.9 Å². The number of carbonyl (C=O) groups is 2. The maximum absolute atomic E-state index is 12.0. The molecule has 0 heterocycles. The van der Waals surface area contributed by atoms with E-state index in [1.54, 1.807) is 24.3 Å². The summed E-state index contributed by atoms with van der Waals surface area (Å²) in [5.41, 5.74) is 0.718. The lowest BCUT2D eigenvalue weighted by Crippen LogP contribution is -2.49. The van der Waals surface area contributed by atoms with E-state index >= 15 is 0 Å². The molecule has 0 bridgehead atoms. The first kappa shape index (κ1) is 15.2. The summed E-state index contributed by atoms with van der Waals surface area (Å²) < 4.78 is 0. The molecular formula is C14H20N2O3. The molecule has 0 saturated carbocycles. The molecule has 1 amide bonds. The fourth-order valence-corrected chi connectivity index (χ4v) is 1.69. The summed E-state index contributed by atoms with van der Waals surface area (Å²) in [5, 5.41) is 14.6. The topological polar surface area (TPSA) is 78.4 Å². The fraction of sp³-hybridized carbons (Fsp3) is 0.429. The number of carboxylic acids is 1. The lowest BCUT2D eigenvalue weighted by molar-refractivity contribution is -0.136. The number of carboxylic acid groups (broad SMARTS) is 1. The molecule has 3 N–H and O–H groups in total. The van der Waals surface area contributed by atoms with E-state index in [9.17, 15) is 9.59 Å². The number of rotatable bonds is 6. The van der Waals surface area contributed by atoms with Gasteiger partial charge in [-0.05, 0) is 38.1 Å². The quantitative estimate of drug-likeness (QED) is 0.730. The highest BCUT2D eigenvalue weighted by Crippen LogP contribution is 2.13. The molecule has 0 saturated heterocycles. The van der Waals surface area contributed by atoms with Crippen molar-refractivity contribution in [2.45, 2.75) is 32.7 Å². The van der Waals surface area contributed by atoms with E-state index in [0.717, 1.165) is 0 Å². The first-order valence-corrected chi connectivity index (χ1v) is 6.22. The van der Waals surface area contributed by atoms with Gasteiger partial charge in [0.2, 0.25) is 5.91 Å². The monoisotopic (exact) mass is 264 g/mol. The molecule has 1 aromatic rings. The molecule has 0 spiro atoms. The SMILES string of the molecule is CCNC(C)(C)C(=O)Nc1ccc(CC(=O)O)cc1. The Morgan fingerprint density at radius 1 is 1.21 bits per heavy atom. The van der Waals surface area contributed by atoms with Gasteiger partial charge in [0.05, 0.1) is 12.0 Å². The van der Waals surface area contributed by atoms with Crippen LogP contribution in [0.15, 0.2) is 24.3 Å². The van der Waals surface area contributed by atoms with Gasteiger partial charge in [-0.3, -0.25) is 9.59 Å². The van der Waals surface area contributed by atoms with Crippen molar-refractivity contribution in [3.8, 4) is 0 Å². The second kappa shape index (κ2) is 6.33. The summed E-state index contributed by atoms with van der Waals surface area (Å²) in [6, 6.07) is 6.81. The minimum absolute atomic E-state index is 0.0168. The van der Waals surface area contributed by atoms with E-state index in [1.807, 2.05) is 20.8 Å². The molecule has 1 rings (SSSR count). The Morgan fingerprint density at radius 3 is 2.26 bits per heavy atom. The van der Waals surface area contributed by atoms with Gasteiger partial charge in [0.25, 0.3) is 0 Å². The van der Waals surface area contributed by atoms with E-state index in [2.05, 4.69) is 10.6 Å². The van der Waals surface area contributed by atoms with Crippen molar-refractivity contribution in [3.63, 3.8) is 0 Å². The number of carbonyl (C=O) groups excluding carboxylic acids is 1. The van der Waals surface area contributed by atoms with Crippen LogP contribution in [0.2, 0.25) is 0 Å². The van der Waals surface area contributed by atoms with Crippen LogP contribution in [0.1, 0.15) is 26.3 Å². The van der Waals surface area contributed by atoms with E-state index in [0.29, 0.717) is 17.8 Å². The average molecular weight is 264 g/mol. The van der Waals surface area contributed by atoms with Crippen LogP contribution >= 0.6 is 0 Å². The fourth-order valence-electron chi connectivity index (χ4n) is 1.69. The first-order valence-electron chi connectivity index (χ1n) is 6.22. The number of likely N-dealkylation sites (N-methyl/N-ethyl adjacent to an activating group) is 1. The Hall–Kier alpha value is -1.88. The Kier molecular flexibility index (Phi) is 5.06. The van der Waals surface area contributed by atoms with Gasteiger partial charge in [0, 0.05) is 5.69 Å². The molecule has 1 aromatic carbocycles. The Morgan fingerprint density at radius 2 is 1.79 bits per heavy atom. The first-order chi connectivity index (χ1) is 8.85. The summed E-state index contributed by atoms with van der Waals surface area (Å²) in [7, 11) is 0. The molecule has 0 fully saturated rings. The van der Waals surface area contributed by atoms with Gasteiger partial charge in [-0.2, -0.15) is 0 Å². The summed E-state index contributed by atoms with van der Waals surface area (Å²) in [6.45, 7) is 6.27. The van der Waals surface area contributed by atoms with Crippen LogP contribution in [0.25, 0.3) is 0 Å². The predicted molar refractivity (Wildman–Crippen MR) is 74.2 cm³/mol. The summed E-state index contributed by atoms with van der Waals surface area (Å²) in [4.78, 5) is 22.6. The Labute approximate surface area is 113 Å². The van der Waals surface area contributed by atoms with E-state index < -0.39 is 11.5 Å². The van der Waals surface area contributed by atoms with Gasteiger partial charge < -0.3 is 15.7 Å². The second-order valence-electron chi connectivity index (χ2n) is 4.88. The largest absolute Gasteiger partial charge is 0.481 e. The van der Waals surface area contributed by atoms with Crippen LogP contribution in [0.3, 0.4) is 0 Å². The number of aliphatic carboxylic acids is 1. The molecule has 0 aliphatic rings. The lowest BCUT2D eigenvalue weighted by atomic mass is 10.0. The van der Waals surface area contributed by atoms with Crippen LogP contribution in [0.4, 0.5) is 5.69 Å². The third-order valence-corrected chi connectivity index (χ3v) is 2.75. The van der Waals surface area contributed by atoms with Gasteiger partial charge in [0.1, 0.15) is 0 Å². The van der Waals surface area contributed by atoms with Gasteiger partial charge in [-0.15, -0.1) is 0 Å². The molecule has 0 aromatic heterocycles. The number of hydrogen-bond acceptors (Lipinski definition) is 3. The van der Waals surface area contributed by atoms with Gasteiger partial charge in [0.15, 0.2) is 0 Å². The third kappa shape index (κ3) is 4.71. The number of anilines is 1. The van der Waals surface area contributed by atoms with Gasteiger partial charge >= 0.3 is 5.97 Å². The maximum Gasteiger partial charge on any atom is 0.307 e. The minimum atomic E-state index is -0.870. The molecule has 0 unspecified atom stereocenters. The van der Waals surface area contributed by atoms with E-state index in [1.165, 1.54) is 0 Å². The summed E-state index contributed by atoms with van der Waals surface area (Å²) >= 11 is 0. The second-order valence-corrected chi connectivity index (χ2v) is 4.88. The van der Waals surface area contributed by atoms with Crippen molar-refractivity contribution in [2.24, 2.45) is 0 Å². The van der Waals surface area contributed by atoms with Crippen LogP contribution in [-0.2, 0) is 16.0 Å². The van der Waals surface area contributed by atoms with Crippen LogP contribution in [0, 0.1) is 0 Å².